The summed E-state index contributed by atoms with van der Waals surface area (Å²) in [6.45, 7) is 3.80. The van der Waals surface area contributed by atoms with Gasteiger partial charge < -0.3 is 10.6 Å². The highest BCUT2D eigenvalue weighted by Crippen LogP contribution is 2.19. The van der Waals surface area contributed by atoms with Crippen molar-refractivity contribution in [1.29, 1.82) is 0 Å². The van der Waals surface area contributed by atoms with E-state index >= 15 is 0 Å². The molecule has 0 fully saturated rings. The molecule has 1 unspecified atom stereocenters. The third-order valence-corrected chi connectivity index (χ3v) is 4.05. The van der Waals surface area contributed by atoms with Crippen LogP contribution in [0.25, 0.3) is 0 Å². The van der Waals surface area contributed by atoms with Crippen LogP contribution in [0.4, 0.5) is 11.5 Å². The molecular formula is C20H19ClN4O. The molecule has 1 atom stereocenters. The van der Waals surface area contributed by atoms with E-state index in [1.165, 1.54) is 0 Å². The number of aromatic nitrogens is 2. The van der Waals surface area contributed by atoms with Crippen molar-refractivity contribution in [3.63, 3.8) is 0 Å². The summed E-state index contributed by atoms with van der Waals surface area (Å²) in [5.41, 5.74) is 2.04. The Balaban J connectivity index is 1.77. The van der Waals surface area contributed by atoms with Gasteiger partial charge in [-0.25, -0.2) is 9.97 Å². The highest BCUT2D eigenvalue weighted by atomic mass is 35.5. The van der Waals surface area contributed by atoms with Crippen molar-refractivity contribution in [3.8, 4) is 0 Å². The third-order valence-electron chi connectivity index (χ3n) is 3.82. The first-order valence-corrected chi connectivity index (χ1v) is 8.63. The van der Waals surface area contributed by atoms with Gasteiger partial charge >= 0.3 is 0 Å². The number of nitrogens with zero attached hydrogens (tertiary/aromatic N) is 2. The highest BCUT2D eigenvalue weighted by molar-refractivity contribution is 6.30. The van der Waals surface area contributed by atoms with Crippen molar-refractivity contribution >= 4 is 29.0 Å². The fourth-order valence-electron chi connectivity index (χ4n) is 2.57. The quantitative estimate of drug-likeness (QED) is 0.676. The first-order valence-electron chi connectivity index (χ1n) is 8.25. The molecular weight excluding hydrogens is 348 g/mol. The Bertz CT molecular complexity index is 915. The van der Waals surface area contributed by atoms with Crippen LogP contribution in [0, 0.1) is 6.92 Å². The fourth-order valence-corrected chi connectivity index (χ4v) is 2.76. The summed E-state index contributed by atoms with van der Waals surface area (Å²) >= 11 is 5.95. The van der Waals surface area contributed by atoms with Crippen molar-refractivity contribution in [1.82, 2.24) is 9.97 Å². The van der Waals surface area contributed by atoms with Crippen molar-refractivity contribution < 1.29 is 4.79 Å². The first-order chi connectivity index (χ1) is 12.5. The number of aryl methyl sites for hydroxylation is 1. The Labute approximate surface area is 157 Å². The van der Waals surface area contributed by atoms with Gasteiger partial charge in [0.05, 0.1) is 0 Å². The van der Waals surface area contributed by atoms with E-state index in [4.69, 9.17) is 11.6 Å². The number of hydrogen-bond acceptors (Lipinski definition) is 4. The summed E-state index contributed by atoms with van der Waals surface area (Å²) in [4.78, 5) is 21.1. The van der Waals surface area contributed by atoms with E-state index in [0.717, 1.165) is 5.56 Å². The Hall–Kier alpha value is -2.92. The lowest BCUT2D eigenvalue weighted by Gasteiger charge is -2.16. The minimum absolute atomic E-state index is 0.0503. The Morgan fingerprint density at radius 3 is 2.54 bits per heavy atom. The lowest BCUT2D eigenvalue weighted by molar-refractivity contribution is 0.102. The van der Waals surface area contributed by atoms with Crippen LogP contribution in [0.2, 0.25) is 5.02 Å². The Morgan fingerprint density at radius 1 is 1.04 bits per heavy atom. The zero-order chi connectivity index (χ0) is 18.5. The predicted molar refractivity (Wildman–Crippen MR) is 105 cm³/mol. The van der Waals surface area contributed by atoms with E-state index in [2.05, 4.69) is 20.6 Å². The number of rotatable bonds is 5. The van der Waals surface area contributed by atoms with Crippen molar-refractivity contribution in [2.24, 2.45) is 0 Å². The number of benzene rings is 2. The molecule has 0 saturated heterocycles. The van der Waals surface area contributed by atoms with Gasteiger partial charge in [-0.1, -0.05) is 48.0 Å². The van der Waals surface area contributed by atoms with Crippen LogP contribution in [0.15, 0.2) is 60.7 Å². The van der Waals surface area contributed by atoms with Crippen LogP contribution in [-0.2, 0) is 0 Å². The van der Waals surface area contributed by atoms with E-state index in [0.29, 0.717) is 28.0 Å². The third kappa shape index (κ3) is 4.58. The SMILES string of the molecule is Cc1nc(NC(C)c2ccccc2)cc(C(=O)Nc2cccc(Cl)c2)n1. The van der Waals surface area contributed by atoms with Gasteiger partial charge in [-0.2, -0.15) is 0 Å². The fraction of sp³-hybridized carbons (Fsp3) is 0.150. The molecule has 2 aromatic carbocycles. The molecule has 1 aromatic heterocycles. The molecule has 1 heterocycles. The van der Waals surface area contributed by atoms with Gasteiger partial charge in [0.1, 0.15) is 17.3 Å². The van der Waals surface area contributed by atoms with Crippen LogP contribution in [0.3, 0.4) is 0 Å². The largest absolute Gasteiger partial charge is 0.363 e. The van der Waals surface area contributed by atoms with Gasteiger partial charge in [0.25, 0.3) is 5.91 Å². The maximum Gasteiger partial charge on any atom is 0.274 e. The minimum atomic E-state index is -0.312. The van der Waals surface area contributed by atoms with E-state index in [9.17, 15) is 4.79 Å². The normalized spacial score (nSPS) is 11.7. The Morgan fingerprint density at radius 2 is 1.81 bits per heavy atom. The zero-order valence-electron chi connectivity index (χ0n) is 14.5. The molecule has 0 aliphatic heterocycles. The summed E-state index contributed by atoms with van der Waals surface area (Å²) in [6.07, 6.45) is 0. The smallest absolute Gasteiger partial charge is 0.274 e. The molecule has 1 amide bonds. The van der Waals surface area contributed by atoms with E-state index in [1.807, 2.05) is 37.3 Å². The van der Waals surface area contributed by atoms with Crippen molar-refractivity contribution in [2.45, 2.75) is 19.9 Å². The Kier molecular flexibility index (Phi) is 5.49. The second-order valence-electron chi connectivity index (χ2n) is 5.93. The molecule has 5 nitrogen and oxygen atoms in total. The number of anilines is 2. The van der Waals surface area contributed by atoms with Gasteiger partial charge in [-0.15, -0.1) is 0 Å². The second-order valence-corrected chi connectivity index (χ2v) is 6.36. The van der Waals surface area contributed by atoms with Crippen LogP contribution in [0.5, 0.6) is 0 Å². The van der Waals surface area contributed by atoms with Gasteiger partial charge in [-0.05, 0) is 37.6 Å². The van der Waals surface area contributed by atoms with Crippen molar-refractivity contribution in [2.75, 3.05) is 10.6 Å². The highest BCUT2D eigenvalue weighted by Gasteiger charge is 2.13. The number of halogens is 1. The molecule has 0 aliphatic rings. The molecule has 0 saturated carbocycles. The molecule has 2 N–H and O–H groups in total. The number of carbonyl (C=O) groups excluding carboxylic acids is 1. The van der Waals surface area contributed by atoms with Gasteiger partial charge in [0.2, 0.25) is 0 Å². The van der Waals surface area contributed by atoms with Gasteiger partial charge in [-0.3, -0.25) is 4.79 Å². The van der Waals surface area contributed by atoms with Gasteiger partial charge in [0, 0.05) is 22.8 Å². The molecule has 26 heavy (non-hydrogen) atoms. The van der Waals surface area contributed by atoms with Crippen LogP contribution < -0.4 is 10.6 Å². The maximum atomic E-state index is 12.5. The zero-order valence-corrected chi connectivity index (χ0v) is 15.3. The van der Waals surface area contributed by atoms with E-state index < -0.39 is 0 Å². The summed E-state index contributed by atoms with van der Waals surface area (Å²) in [5, 5.41) is 6.67. The lowest BCUT2D eigenvalue weighted by Crippen LogP contribution is -2.16. The molecule has 6 heteroatoms. The van der Waals surface area contributed by atoms with E-state index in [1.54, 1.807) is 37.3 Å². The molecule has 0 aliphatic carbocycles. The molecule has 0 spiro atoms. The van der Waals surface area contributed by atoms with Crippen LogP contribution in [0.1, 0.15) is 34.8 Å². The molecule has 0 bridgehead atoms. The summed E-state index contributed by atoms with van der Waals surface area (Å²) < 4.78 is 0. The summed E-state index contributed by atoms with van der Waals surface area (Å²) in [5.74, 6) is 0.810. The molecule has 3 aromatic rings. The average Bonchev–Trinajstić information content (AvgIpc) is 2.62. The van der Waals surface area contributed by atoms with E-state index in [-0.39, 0.29) is 11.9 Å². The number of nitrogens with one attached hydrogen (secondary N) is 2. The molecule has 0 radical (unpaired) electrons. The standard InChI is InChI=1S/C20H19ClN4O/c1-13(15-7-4-3-5-8-15)22-19-12-18(23-14(2)24-19)20(26)25-17-10-6-9-16(21)11-17/h3-13H,1-2H3,(H,25,26)(H,22,23,24). The molecule has 3 rings (SSSR count). The van der Waals surface area contributed by atoms with Crippen LogP contribution in [-0.4, -0.2) is 15.9 Å². The summed E-state index contributed by atoms with van der Waals surface area (Å²) in [7, 11) is 0. The lowest BCUT2D eigenvalue weighted by atomic mass is 10.1. The first kappa shape index (κ1) is 17.9. The van der Waals surface area contributed by atoms with Crippen LogP contribution >= 0.6 is 11.6 Å². The molecule has 132 valence electrons. The predicted octanol–water partition coefficient (Wildman–Crippen LogP) is 4.86. The summed E-state index contributed by atoms with van der Waals surface area (Å²) in [6, 6.07) is 18.7. The number of hydrogen-bond donors (Lipinski definition) is 2. The number of amides is 1. The van der Waals surface area contributed by atoms with Crippen molar-refractivity contribution in [3.05, 3.63) is 82.8 Å². The maximum absolute atomic E-state index is 12.5. The topological polar surface area (TPSA) is 66.9 Å². The monoisotopic (exact) mass is 366 g/mol. The number of carbonyl (C=O) groups is 1. The second kappa shape index (κ2) is 7.97. The van der Waals surface area contributed by atoms with Gasteiger partial charge in [0.15, 0.2) is 0 Å². The minimum Gasteiger partial charge on any atom is -0.363 e. The average molecular weight is 367 g/mol.